The van der Waals surface area contributed by atoms with Crippen molar-refractivity contribution in [1.82, 2.24) is 4.90 Å². The smallest absolute Gasteiger partial charge is 0.369 e. The maximum absolute atomic E-state index is 12.9. The van der Waals surface area contributed by atoms with Gasteiger partial charge in [-0.2, -0.15) is 13.2 Å². The maximum Gasteiger partial charge on any atom is 0.416 e. The van der Waals surface area contributed by atoms with Crippen molar-refractivity contribution in [1.29, 1.82) is 0 Å². The predicted molar refractivity (Wildman–Crippen MR) is 102 cm³/mol. The molecular weight excluding hydrogens is 387 g/mol. The number of anilines is 1. The number of piperazine rings is 1. The zero-order chi connectivity index (χ0) is 21.0. The largest absolute Gasteiger partial charge is 0.416 e. The predicted octanol–water partition coefficient (Wildman–Crippen LogP) is 3.72. The fraction of sp³-hybridized carbons (Fsp3) is 0.350. The quantitative estimate of drug-likeness (QED) is 0.415. The Morgan fingerprint density at radius 2 is 1.72 bits per heavy atom. The summed E-state index contributed by atoms with van der Waals surface area (Å²) in [6.45, 7) is 2.76. The van der Waals surface area contributed by atoms with E-state index in [2.05, 4.69) is 4.90 Å². The highest BCUT2D eigenvalue weighted by molar-refractivity contribution is 5.63. The van der Waals surface area contributed by atoms with Crippen LogP contribution in [-0.2, 0) is 11.0 Å². The van der Waals surface area contributed by atoms with E-state index in [-0.39, 0.29) is 5.69 Å². The first kappa shape index (κ1) is 20.8. The summed E-state index contributed by atoms with van der Waals surface area (Å²) in [7, 11) is 0. The molecule has 0 amide bonds. The van der Waals surface area contributed by atoms with Crippen LogP contribution >= 0.6 is 0 Å². The van der Waals surface area contributed by atoms with Crippen LogP contribution < -0.4 is 4.90 Å². The van der Waals surface area contributed by atoms with Crippen molar-refractivity contribution >= 4 is 17.7 Å². The van der Waals surface area contributed by atoms with Gasteiger partial charge < -0.3 is 9.69 Å². The summed E-state index contributed by atoms with van der Waals surface area (Å²) in [6.07, 6.45) is -3.56. The van der Waals surface area contributed by atoms with Gasteiger partial charge in [-0.05, 0) is 23.8 Å². The number of halogens is 3. The molecule has 2 aromatic carbocycles. The second-order valence-electron chi connectivity index (χ2n) is 6.93. The van der Waals surface area contributed by atoms with Crippen LogP contribution in [0.2, 0.25) is 0 Å². The summed E-state index contributed by atoms with van der Waals surface area (Å²) >= 11 is 0. The third kappa shape index (κ3) is 5.11. The molecule has 0 spiro atoms. The zero-order valence-electron chi connectivity index (χ0n) is 15.5. The Morgan fingerprint density at radius 3 is 2.28 bits per heavy atom. The number of aldehydes is 1. The van der Waals surface area contributed by atoms with Gasteiger partial charge in [0.05, 0.1) is 16.4 Å². The van der Waals surface area contributed by atoms with Crippen molar-refractivity contribution < 1.29 is 22.9 Å². The molecule has 0 saturated carbocycles. The van der Waals surface area contributed by atoms with Crippen LogP contribution in [0.15, 0.2) is 48.5 Å². The molecule has 1 aliphatic heterocycles. The average molecular weight is 407 g/mol. The van der Waals surface area contributed by atoms with Crippen molar-refractivity contribution in [3.63, 3.8) is 0 Å². The van der Waals surface area contributed by atoms with E-state index in [9.17, 15) is 28.1 Å². The van der Waals surface area contributed by atoms with Crippen LogP contribution in [0.25, 0.3) is 0 Å². The number of alkyl halides is 3. The van der Waals surface area contributed by atoms with E-state index < -0.39 is 22.6 Å². The Hall–Kier alpha value is -2.94. The van der Waals surface area contributed by atoms with E-state index >= 15 is 0 Å². The molecule has 1 atom stereocenters. The molecule has 1 unspecified atom stereocenters. The number of carbonyl (C=O) groups excluding carboxylic acids is 1. The lowest BCUT2D eigenvalue weighted by molar-refractivity contribution is -0.384. The number of benzene rings is 2. The molecule has 6 nitrogen and oxygen atoms in total. The molecule has 154 valence electrons. The average Bonchev–Trinajstić information content (AvgIpc) is 2.72. The van der Waals surface area contributed by atoms with Crippen LogP contribution in [0.3, 0.4) is 0 Å². The van der Waals surface area contributed by atoms with Crippen LogP contribution in [0.4, 0.5) is 24.5 Å². The monoisotopic (exact) mass is 407 g/mol. The molecule has 1 saturated heterocycles. The summed E-state index contributed by atoms with van der Waals surface area (Å²) in [5.41, 5.74) is 0.525. The highest BCUT2D eigenvalue weighted by Crippen LogP contribution is 2.32. The SMILES string of the molecule is O=CC(CN1CCN(c2cccc(C(F)(F)F)c2)CC1)c1ccc([N+](=O)[O-])cc1. The summed E-state index contributed by atoms with van der Waals surface area (Å²) in [5, 5.41) is 10.8. The van der Waals surface area contributed by atoms with Gasteiger partial charge in [0.1, 0.15) is 6.29 Å². The number of nitro benzene ring substituents is 1. The Bertz CT molecular complexity index is 863. The molecule has 0 aromatic heterocycles. The fourth-order valence-corrected chi connectivity index (χ4v) is 3.42. The van der Waals surface area contributed by atoms with Gasteiger partial charge in [0.15, 0.2) is 0 Å². The van der Waals surface area contributed by atoms with E-state index in [1.54, 1.807) is 18.2 Å². The Balaban J connectivity index is 1.60. The molecule has 29 heavy (non-hydrogen) atoms. The van der Waals surface area contributed by atoms with E-state index in [0.29, 0.717) is 44.0 Å². The van der Waals surface area contributed by atoms with Crippen molar-refractivity contribution in [2.24, 2.45) is 0 Å². The molecular formula is C20H20F3N3O3. The van der Waals surface area contributed by atoms with Gasteiger partial charge in [-0.1, -0.05) is 18.2 Å². The van der Waals surface area contributed by atoms with E-state index in [1.807, 2.05) is 4.90 Å². The Kier molecular flexibility index (Phi) is 6.17. The second kappa shape index (κ2) is 8.60. The molecule has 9 heteroatoms. The molecule has 0 N–H and O–H groups in total. The number of nitrogens with zero attached hydrogens (tertiary/aromatic N) is 3. The number of nitro groups is 1. The standard InChI is InChI=1S/C20H20F3N3O3/c21-20(22,23)17-2-1-3-19(12-17)25-10-8-24(9-11-25)13-16(14-27)15-4-6-18(7-5-15)26(28)29/h1-7,12,14,16H,8-11,13H2. The Labute approximate surface area is 165 Å². The number of non-ortho nitro benzene ring substituents is 1. The number of carbonyl (C=O) groups is 1. The lowest BCUT2D eigenvalue weighted by atomic mass is 9.99. The van der Waals surface area contributed by atoms with Crippen molar-refractivity contribution in [3.05, 3.63) is 69.8 Å². The molecule has 1 heterocycles. The fourth-order valence-electron chi connectivity index (χ4n) is 3.42. The molecule has 0 radical (unpaired) electrons. The van der Waals surface area contributed by atoms with Gasteiger partial charge in [0.25, 0.3) is 5.69 Å². The summed E-state index contributed by atoms with van der Waals surface area (Å²) in [5.74, 6) is -0.420. The highest BCUT2D eigenvalue weighted by atomic mass is 19.4. The van der Waals surface area contributed by atoms with Gasteiger partial charge in [-0.25, -0.2) is 0 Å². The minimum Gasteiger partial charge on any atom is -0.369 e. The van der Waals surface area contributed by atoms with Crippen LogP contribution in [0.5, 0.6) is 0 Å². The van der Waals surface area contributed by atoms with Gasteiger partial charge in [0, 0.05) is 50.5 Å². The van der Waals surface area contributed by atoms with Gasteiger partial charge in [0.2, 0.25) is 0 Å². The van der Waals surface area contributed by atoms with E-state index in [0.717, 1.165) is 18.4 Å². The topological polar surface area (TPSA) is 66.7 Å². The molecule has 3 rings (SSSR count). The second-order valence-corrected chi connectivity index (χ2v) is 6.93. The molecule has 0 aliphatic carbocycles. The molecule has 0 bridgehead atoms. The summed E-state index contributed by atoms with van der Waals surface area (Å²) in [4.78, 5) is 25.8. The first-order valence-corrected chi connectivity index (χ1v) is 9.12. The van der Waals surface area contributed by atoms with E-state index in [4.69, 9.17) is 0 Å². The van der Waals surface area contributed by atoms with Crippen molar-refractivity contribution in [3.8, 4) is 0 Å². The summed E-state index contributed by atoms with van der Waals surface area (Å²) in [6, 6.07) is 11.2. The lowest BCUT2D eigenvalue weighted by Gasteiger charge is -2.37. The van der Waals surface area contributed by atoms with Gasteiger partial charge in [-0.15, -0.1) is 0 Å². The van der Waals surface area contributed by atoms with Crippen molar-refractivity contribution in [2.75, 3.05) is 37.6 Å². The maximum atomic E-state index is 12.9. The summed E-state index contributed by atoms with van der Waals surface area (Å²) < 4.78 is 38.7. The Morgan fingerprint density at radius 1 is 1.07 bits per heavy atom. The first-order chi connectivity index (χ1) is 13.8. The number of hydrogen-bond donors (Lipinski definition) is 0. The lowest BCUT2D eigenvalue weighted by Crippen LogP contribution is -2.47. The zero-order valence-corrected chi connectivity index (χ0v) is 15.5. The van der Waals surface area contributed by atoms with Crippen LogP contribution in [-0.4, -0.2) is 48.8 Å². The third-order valence-corrected chi connectivity index (χ3v) is 5.06. The normalized spacial score (nSPS) is 16.4. The molecule has 1 fully saturated rings. The van der Waals surface area contributed by atoms with Gasteiger partial charge >= 0.3 is 6.18 Å². The molecule has 1 aliphatic rings. The van der Waals surface area contributed by atoms with Crippen molar-refractivity contribution in [2.45, 2.75) is 12.1 Å². The minimum atomic E-state index is -4.38. The van der Waals surface area contributed by atoms with E-state index in [1.165, 1.54) is 18.2 Å². The van der Waals surface area contributed by atoms with Gasteiger partial charge in [-0.3, -0.25) is 15.0 Å². The number of hydrogen-bond acceptors (Lipinski definition) is 5. The van der Waals surface area contributed by atoms with Crippen LogP contribution in [0, 0.1) is 10.1 Å². The molecule has 2 aromatic rings. The minimum absolute atomic E-state index is 0.0342. The highest BCUT2D eigenvalue weighted by Gasteiger charge is 2.31. The van der Waals surface area contributed by atoms with Crippen LogP contribution in [0.1, 0.15) is 17.0 Å². The number of rotatable bonds is 6. The first-order valence-electron chi connectivity index (χ1n) is 9.12. The third-order valence-electron chi connectivity index (χ3n) is 5.06.